The molecule has 0 radical (unpaired) electrons. The average Bonchev–Trinajstić information content (AvgIpc) is 2.75. The third-order valence-electron chi connectivity index (χ3n) is 3.92. The number of aromatic nitrogens is 2. The van der Waals surface area contributed by atoms with Gasteiger partial charge in [-0.05, 0) is 57.5 Å². The van der Waals surface area contributed by atoms with Crippen LogP contribution in [-0.2, 0) is 0 Å². The van der Waals surface area contributed by atoms with E-state index in [-0.39, 0.29) is 0 Å². The van der Waals surface area contributed by atoms with E-state index in [4.69, 9.17) is 0 Å². The van der Waals surface area contributed by atoms with Crippen LogP contribution in [0, 0.1) is 12.8 Å². The van der Waals surface area contributed by atoms with E-state index in [2.05, 4.69) is 45.4 Å². The van der Waals surface area contributed by atoms with Crippen LogP contribution in [0.15, 0.2) is 18.2 Å². The summed E-state index contributed by atoms with van der Waals surface area (Å²) in [6.45, 7) is 5.50. The Morgan fingerprint density at radius 3 is 3.21 bits per heavy atom. The van der Waals surface area contributed by atoms with Crippen LogP contribution >= 0.6 is 0 Å². The van der Waals surface area contributed by atoms with Crippen molar-refractivity contribution in [3.63, 3.8) is 0 Å². The minimum atomic E-state index is 0.762. The molecular weight excluding hydrogens is 236 g/mol. The molecule has 1 fully saturated rings. The van der Waals surface area contributed by atoms with E-state index < -0.39 is 0 Å². The molecule has 1 aliphatic heterocycles. The third kappa shape index (κ3) is 2.89. The van der Waals surface area contributed by atoms with Crippen molar-refractivity contribution in [2.24, 2.45) is 5.92 Å². The zero-order valence-corrected chi connectivity index (χ0v) is 11.7. The molecule has 102 valence electrons. The number of aromatic amines is 1. The quantitative estimate of drug-likeness (QED) is 0.889. The van der Waals surface area contributed by atoms with Gasteiger partial charge in [0.2, 0.25) is 0 Å². The van der Waals surface area contributed by atoms with Gasteiger partial charge in [-0.25, -0.2) is 4.98 Å². The molecule has 0 aliphatic carbocycles. The number of hydrogen-bond donors (Lipinski definition) is 2. The Labute approximate surface area is 114 Å². The first-order chi connectivity index (χ1) is 9.20. The van der Waals surface area contributed by atoms with Crippen molar-refractivity contribution in [3.05, 3.63) is 24.0 Å². The van der Waals surface area contributed by atoms with Crippen molar-refractivity contribution < 1.29 is 0 Å². The maximum absolute atomic E-state index is 4.42. The van der Waals surface area contributed by atoms with E-state index in [1.165, 1.54) is 31.6 Å². The minimum Gasteiger partial charge on any atom is -0.385 e. The lowest BCUT2D eigenvalue weighted by Crippen LogP contribution is -2.35. The maximum Gasteiger partial charge on any atom is 0.104 e. The highest BCUT2D eigenvalue weighted by molar-refractivity contribution is 5.79. The van der Waals surface area contributed by atoms with Gasteiger partial charge in [0.15, 0.2) is 0 Å². The summed E-state index contributed by atoms with van der Waals surface area (Å²) in [5.41, 5.74) is 3.34. The van der Waals surface area contributed by atoms with E-state index >= 15 is 0 Å². The van der Waals surface area contributed by atoms with Gasteiger partial charge in [0.1, 0.15) is 5.82 Å². The molecule has 2 aromatic rings. The first kappa shape index (κ1) is 12.5. The van der Waals surface area contributed by atoms with E-state index in [1.807, 2.05) is 6.92 Å². The second-order valence-corrected chi connectivity index (χ2v) is 5.71. The van der Waals surface area contributed by atoms with E-state index in [0.717, 1.165) is 29.3 Å². The van der Waals surface area contributed by atoms with Crippen molar-refractivity contribution in [2.75, 3.05) is 32.0 Å². The molecule has 0 amide bonds. The summed E-state index contributed by atoms with van der Waals surface area (Å²) in [5.74, 6) is 1.74. The van der Waals surface area contributed by atoms with Crippen molar-refractivity contribution in [2.45, 2.75) is 19.8 Å². The summed E-state index contributed by atoms with van der Waals surface area (Å²) in [6, 6.07) is 6.35. The van der Waals surface area contributed by atoms with Crippen LogP contribution in [-0.4, -0.2) is 41.5 Å². The minimum absolute atomic E-state index is 0.762. The van der Waals surface area contributed by atoms with Crippen molar-refractivity contribution in [1.82, 2.24) is 14.9 Å². The van der Waals surface area contributed by atoms with Gasteiger partial charge in [-0.1, -0.05) is 0 Å². The summed E-state index contributed by atoms with van der Waals surface area (Å²) in [4.78, 5) is 10.1. The highest BCUT2D eigenvalue weighted by Gasteiger charge is 2.16. The lowest BCUT2D eigenvalue weighted by Gasteiger charge is -2.29. The summed E-state index contributed by atoms with van der Waals surface area (Å²) in [6.07, 6.45) is 2.66. The highest BCUT2D eigenvalue weighted by Crippen LogP contribution is 2.19. The molecule has 2 N–H and O–H groups in total. The predicted molar refractivity (Wildman–Crippen MR) is 79.5 cm³/mol. The Hall–Kier alpha value is -1.55. The molecule has 1 aromatic carbocycles. The predicted octanol–water partition coefficient (Wildman–Crippen LogP) is 2.63. The molecule has 4 heteroatoms. The smallest absolute Gasteiger partial charge is 0.104 e. The Morgan fingerprint density at radius 2 is 2.37 bits per heavy atom. The van der Waals surface area contributed by atoms with Gasteiger partial charge in [-0.3, -0.25) is 0 Å². The van der Waals surface area contributed by atoms with Crippen molar-refractivity contribution in [3.8, 4) is 0 Å². The number of piperidine rings is 1. The number of aryl methyl sites for hydroxylation is 1. The normalized spacial score (nSPS) is 20.8. The topological polar surface area (TPSA) is 44.0 Å². The molecule has 2 heterocycles. The fourth-order valence-corrected chi connectivity index (χ4v) is 2.95. The van der Waals surface area contributed by atoms with E-state index in [9.17, 15) is 0 Å². The number of benzene rings is 1. The number of fused-ring (bicyclic) bond motifs is 1. The van der Waals surface area contributed by atoms with Crippen molar-refractivity contribution in [1.29, 1.82) is 0 Å². The summed E-state index contributed by atoms with van der Waals surface area (Å²) in [5, 5.41) is 3.56. The highest BCUT2D eigenvalue weighted by atomic mass is 15.1. The number of imidazole rings is 1. The fraction of sp³-hybridized carbons (Fsp3) is 0.533. The van der Waals surface area contributed by atoms with E-state index in [0.29, 0.717) is 0 Å². The second kappa shape index (κ2) is 5.21. The number of H-pyrrole nitrogens is 1. The van der Waals surface area contributed by atoms with Gasteiger partial charge in [-0.15, -0.1) is 0 Å². The lowest BCUT2D eigenvalue weighted by atomic mass is 9.98. The third-order valence-corrected chi connectivity index (χ3v) is 3.92. The standard InChI is InChI=1S/C15H22N4/c1-11-17-14-6-5-13(8-15(14)18-11)16-9-12-4-3-7-19(2)10-12/h5-6,8,12,16H,3-4,7,9-10H2,1-2H3,(H,17,18). The van der Waals surface area contributed by atoms with Crippen LogP contribution < -0.4 is 5.32 Å². The Balaban J connectivity index is 1.64. The molecule has 3 rings (SSSR count). The van der Waals surface area contributed by atoms with Gasteiger partial charge in [0, 0.05) is 18.8 Å². The lowest BCUT2D eigenvalue weighted by molar-refractivity contribution is 0.217. The number of anilines is 1. The van der Waals surface area contributed by atoms with Gasteiger partial charge >= 0.3 is 0 Å². The number of nitrogens with one attached hydrogen (secondary N) is 2. The molecule has 1 unspecified atom stereocenters. The number of nitrogens with zero attached hydrogens (tertiary/aromatic N) is 2. The van der Waals surface area contributed by atoms with Crippen LogP contribution in [0.25, 0.3) is 11.0 Å². The van der Waals surface area contributed by atoms with Gasteiger partial charge < -0.3 is 15.2 Å². The molecule has 1 saturated heterocycles. The fourth-order valence-electron chi connectivity index (χ4n) is 2.95. The number of likely N-dealkylation sites (tertiary alicyclic amines) is 1. The number of rotatable bonds is 3. The van der Waals surface area contributed by atoms with Gasteiger partial charge in [-0.2, -0.15) is 0 Å². The van der Waals surface area contributed by atoms with Crippen LogP contribution in [0.2, 0.25) is 0 Å². The Morgan fingerprint density at radius 1 is 1.47 bits per heavy atom. The molecule has 1 aromatic heterocycles. The molecule has 0 bridgehead atoms. The zero-order valence-electron chi connectivity index (χ0n) is 11.7. The van der Waals surface area contributed by atoms with E-state index in [1.54, 1.807) is 0 Å². The second-order valence-electron chi connectivity index (χ2n) is 5.71. The maximum atomic E-state index is 4.42. The first-order valence-electron chi connectivity index (χ1n) is 7.09. The summed E-state index contributed by atoms with van der Waals surface area (Å²) >= 11 is 0. The SMILES string of the molecule is Cc1nc2ccc(NCC3CCCN(C)C3)cc2[nH]1. The molecule has 4 nitrogen and oxygen atoms in total. The molecule has 0 saturated carbocycles. The molecule has 1 aliphatic rings. The zero-order chi connectivity index (χ0) is 13.2. The van der Waals surface area contributed by atoms with Crippen LogP contribution in [0.5, 0.6) is 0 Å². The summed E-state index contributed by atoms with van der Waals surface area (Å²) in [7, 11) is 2.21. The molecule has 19 heavy (non-hydrogen) atoms. The Bertz CT molecular complexity index is 560. The largest absolute Gasteiger partial charge is 0.385 e. The monoisotopic (exact) mass is 258 g/mol. The summed E-state index contributed by atoms with van der Waals surface area (Å²) < 4.78 is 0. The van der Waals surface area contributed by atoms with Gasteiger partial charge in [0.05, 0.1) is 11.0 Å². The molecule has 0 spiro atoms. The van der Waals surface area contributed by atoms with Crippen LogP contribution in [0.1, 0.15) is 18.7 Å². The average molecular weight is 258 g/mol. The van der Waals surface area contributed by atoms with Crippen molar-refractivity contribution >= 4 is 16.7 Å². The first-order valence-corrected chi connectivity index (χ1v) is 7.09. The van der Waals surface area contributed by atoms with Crippen LogP contribution in [0.4, 0.5) is 5.69 Å². The molecular formula is C15H22N4. The van der Waals surface area contributed by atoms with Gasteiger partial charge in [0.25, 0.3) is 0 Å². The number of hydrogen-bond acceptors (Lipinski definition) is 3. The van der Waals surface area contributed by atoms with Crippen LogP contribution in [0.3, 0.4) is 0 Å². The Kier molecular flexibility index (Phi) is 3.42. The molecule has 1 atom stereocenters.